The third kappa shape index (κ3) is 56.4. The molecule has 0 saturated carbocycles. The second-order valence-corrected chi connectivity index (χ2v) is 26.0. The monoisotopic (exact) mass is 1260 g/mol. The van der Waals surface area contributed by atoms with Gasteiger partial charge in [-0.05, 0) is 96.3 Å². The molecule has 1 heterocycles. The molecule has 0 aromatic carbocycles. The summed E-state index contributed by atoms with van der Waals surface area (Å²) in [4.78, 5) is 13.1. The standard InChI is InChI=1S/C81H143NO8/c1-3-5-7-9-11-13-15-17-19-21-23-25-27-29-31-32-33-34-35-36-37-38-39-40-41-42-43-44-45-47-49-51-53-55-57-59-61-63-65-67-69-71-77(85)82-74(73-89-81-80(88)79(87)78(86)76(72-83)90-81)75(84)70-68-66-64-62-60-58-56-54-52-50-48-46-30-28-26-24-22-20-18-16-14-12-10-8-6-4-2/h5,7,11,13,17,19,23,25,29,31,33-34,52,54,60,62,68,70,74-76,78-81,83-84,86-88H,3-4,6,8-10,12,14-16,18,20-22,24,26-28,30,32,35-51,53,55-59,61,63-67,69,71-73H2,1-2H3,(H,82,85)/b7-5-,13-11-,19-17-,25-23-,31-29-,34-33-,54-52+,62-60+,70-68+. The van der Waals surface area contributed by atoms with Crippen molar-refractivity contribution in [3.8, 4) is 0 Å². The molecule has 0 aromatic heterocycles. The average molecular weight is 1260 g/mol. The predicted molar refractivity (Wildman–Crippen MR) is 387 cm³/mol. The number of hydrogen-bond donors (Lipinski definition) is 6. The van der Waals surface area contributed by atoms with Gasteiger partial charge in [0.15, 0.2) is 6.29 Å². The highest BCUT2D eigenvalue weighted by Crippen LogP contribution is 2.23. The second-order valence-electron chi connectivity index (χ2n) is 26.0. The molecule has 0 spiro atoms. The molecule has 7 unspecified atom stereocenters. The number of hydrogen-bond acceptors (Lipinski definition) is 8. The van der Waals surface area contributed by atoms with E-state index in [1.807, 2.05) is 6.08 Å². The van der Waals surface area contributed by atoms with Gasteiger partial charge in [-0.1, -0.05) is 348 Å². The van der Waals surface area contributed by atoms with E-state index in [0.29, 0.717) is 6.42 Å². The van der Waals surface area contributed by atoms with Crippen LogP contribution in [0.1, 0.15) is 341 Å². The molecule has 520 valence electrons. The summed E-state index contributed by atoms with van der Waals surface area (Å²) in [7, 11) is 0. The summed E-state index contributed by atoms with van der Waals surface area (Å²) < 4.78 is 11.3. The maximum Gasteiger partial charge on any atom is 0.220 e. The number of rotatable bonds is 66. The van der Waals surface area contributed by atoms with Crippen LogP contribution < -0.4 is 5.32 Å². The average Bonchev–Trinajstić information content (AvgIpc) is 1.28. The molecule has 9 nitrogen and oxygen atoms in total. The van der Waals surface area contributed by atoms with E-state index in [1.54, 1.807) is 6.08 Å². The maximum atomic E-state index is 13.1. The first kappa shape index (κ1) is 84.9. The maximum absolute atomic E-state index is 13.1. The summed E-state index contributed by atoms with van der Waals surface area (Å²) in [5.74, 6) is -0.187. The normalized spacial score (nSPS) is 18.4. The lowest BCUT2D eigenvalue weighted by Crippen LogP contribution is -2.60. The van der Waals surface area contributed by atoms with Gasteiger partial charge in [-0.2, -0.15) is 0 Å². The summed E-state index contributed by atoms with van der Waals surface area (Å²) in [5, 5.41) is 54.8. The number of amides is 1. The number of carbonyl (C=O) groups excluding carboxylic acids is 1. The molecule has 9 heteroatoms. The Morgan fingerprint density at radius 1 is 0.389 bits per heavy atom. The smallest absolute Gasteiger partial charge is 0.220 e. The quantitative estimate of drug-likeness (QED) is 0.0261. The van der Waals surface area contributed by atoms with E-state index < -0.39 is 49.5 Å². The predicted octanol–water partition coefficient (Wildman–Crippen LogP) is 21.6. The Labute approximate surface area is 555 Å². The van der Waals surface area contributed by atoms with Gasteiger partial charge in [-0.3, -0.25) is 4.79 Å². The fraction of sp³-hybridized carbons (Fsp3) is 0.765. The summed E-state index contributed by atoms with van der Waals surface area (Å²) in [6.07, 6.45) is 95.1. The number of unbranched alkanes of at least 4 members (excludes halogenated alkanes) is 40. The van der Waals surface area contributed by atoms with Crippen LogP contribution in [0.2, 0.25) is 0 Å². The molecule has 1 amide bonds. The minimum atomic E-state index is -1.58. The Hall–Kier alpha value is -3.15. The van der Waals surface area contributed by atoms with Gasteiger partial charge in [0.25, 0.3) is 0 Å². The molecule has 1 saturated heterocycles. The van der Waals surface area contributed by atoms with Crippen LogP contribution in [0.25, 0.3) is 0 Å². The van der Waals surface area contributed by atoms with E-state index >= 15 is 0 Å². The zero-order chi connectivity index (χ0) is 64.9. The number of aliphatic hydroxyl groups is 5. The Morgan fingerprint density at radius 2 is 0.700 bits per heavy atom. The van der Waals surface area contributed by atoms with Crippen molar-refractivity contribution in [1.82, 2.24) is 5.32 Å². The van der Waals surface area contributed by atoms with Gasteiger partial charge in [-0.25, -0.2) is 0 Å². The molecule has 6 N–H and O–H groups in total. The van der Waals surface area contributed by atoms with Crippen LogP contribution in [-0.2, 0) is 14.3 Å². The van der Waals surface area contributed by atoms with Gasteiger partial charge in [0, 0.05) is 6.42 Å². The molecule has 0 radical (unpaired) electrons. The van der Waals surface area contributed by atoms with Crippen LogP contribution in [0.3, 0.4) is 0 Å². The van der Waals surface area contributed by atoms with E-state index in [2.05, 4.69) is 116 Å². The summed E-state index contributed by atoms with van der Waals surface area (Å²) in [6, 6.07) is -0.833. The van der Waals surface area contributed by atoms with E-state index in [9.17, 15) is 30.3 Å². The van der Waals surface area contributed by atoms with Crippen molar-refractivity contribution in [2.24, 2.45) is 0 Å². The number of allylic oxidation sites excluding steroid dienone is 17. The third-order valence-corrected chi connectivity index (χ3v) is 17.6. The van der Waals surface area contributed by atoms with Crippen molar-refractivity contribution in [3.05, 3.63) is 109 Å². The summed E-state index contributed by atoms with van der Waals surface area (Å²) in [6.45, 7) is 3.68. The van der Waals surface area contributed by atoms with Gasteiger partial charge >= 0.3 is 0 Å². The first-order chi connectivity index (χ1) is 44.3. The molecular weight excluding hydrogens is 1110 g/mol. The number of nitrogens with one attached hydrogen (secondary N) is 1. The molecule has 0 bridgehead atoms. The molecule has 7 atom stereocenters. The van der Waals surface area contributed by atoms with Crippen LogP contribution in [0.5, 0.6) is 0 Å². The van der Waals surface area contributed by atoms with Crippen LogP contribution >= 0.6 is 0 Å². The molecule has 1 aliphatic heterocycles. The molecule has 1 fully saturated rings. The SMILES string of the molecule is CC/C=C\C/C=C\C/C=C\C/C=C\C/C=C\C/C=C\CCCCCCCCCCCCCCCCCCCCCCCCC(=O)NC(COC1OC(CO)C(O)C(O)C1O)C(O)/C=C/CC/C=C/CC/C=C/CCCCCCCCCCCCCCCCCC. The zero-order valence-corrected chi connectivity index (χ0v) is 58.4. The van der Waals surface area contributed by atoms with Gasteiger partial charge in [-0.15, -0.1) is 0 Å². The van der Waals surface area contributed by atoms with Gasteiger partial charge in [0.2, 0.25) is 5.91 Å². The molecule has 1 aliphatic rings. The Balaban J connectivity index is 2.09. The minimum absolute atomic E-state index is 0.187. The number of carbonyl (C=O) groups is 1. The largest absolute Gasteiger partial charge is 0.394 e. The lowest BCUT2D eigenvalue weighted by Gasteiger charge is -2.40. The van der Waals surface area contributed by atoms with Crippen molar-refractivity contribution in [2.45, 2.75) is 384 Å². The van der Waals surface area contributed by atoms with E-state index in [4.69, 9.17) is 9.47 Å². The lowest BCUT2D eigenvalue weighted by molar-refractivity contribution is -0.302. The fourth-order valence-corrected chi connectivity index (χ4v) is 11.7. The minimum Gasteiger partial charge on any atom is -0.394 e. The first-order valence-corrected chi connectivity index (χ1v) is 38.1. The van der Waals surface area contributed by atoms with E-state index in [1.165, 1.54) is 238 Å². The van der Waals surface area contributed by atoms with Gasteiger partial charge < -0.3 is 40.3 Å². The van der Waals surface area contributed by atoms with Crippen molar-refractivity contribution in [2.75, 3.05) is 13.2 Å². The van der Waals surface area contributed by atoms with Crippen LogP contribution in [-0.4, -0.2) is 87.5 Å². The first-order valence-electron chi connectivity index (χ1n) is 38.1. The van der Waals surface area contributed by atoms with Crippen molar-refractivity contribution < 1.29 is 39.8 Å². The molecule has 0 aliphatic carbocycles. The second kappa shape index (κ2) is 68.7. The van der Waals surface area contributed by atoms with Gasteiger partial charge in [0.05, 0.1) is 25.4 Å². The molecule has 0 aromatic rings. The summed E-state index contributed by atoms with van der Waals surface area (Å²) in [5.41, 5.74) is 0. The summed E-state index contributed by atoms with van der Waals surface area (Å²) >= 11 is 0. The topological polar surface area (TPSA) is 149 Å². The molecule has 90 heavy (non-hydrogen) atoms. The zero-order valence-electron chi connectivity index (χ0n) is 58.4. The molecule has 1 rings (SSSR count). The Bertz CT molecular complexity index is 1800. The number of ether oxygens (including phenoxy) is 2. The highest BCUT2D eigenvalue weighted by Gasteiger charge is 2.44. The van der Waals surface area contributed by atoms with Crippen molar-refractivity contribution in [3.63, 3.8) is 0 Å². The van der Waals surface area contributed by atoms with E-state index in [0.717, 1.165) is 83.5 Å². The Morgan fingerprint density at radius 3 is 1.07 bits per heavy atom. The Kier molecular flexibility index (Phi) is 64.8. The fourth-order valence-electron chi connectivity index (χ4n) is 11.7. The third-order valence-electron chi connectivity index (χ3n) is 17.6. The van der Waals surface area contributed by atoms with Crippen molar-refractivity contribution in [1.29, 1.82) is 0 Å². The number of aliphatic hydroxyl groups excluding tert-OH is 5. The van der Waals surface area contributed by atoms with E-state index in [-0.39, 0.29) is 12.5 Å². The lowest BCUT2D eigenvalue weighted by atomic mass is 9.99. The van der Waals surface area contributed by atoms with Crippen molar-refractivity contribution >= 4 is 5.91 Å². The highest BCUT2D eigenvalue weighted by molar-refractivity contribution is 5.76. The van der Waals surface area contributed by atoms with Crippen LogP contribution in [0, 0.1) is 0 Å². The van der Waals surface area contributed by atoms with Gasteiger partial charge in [0.1, 0.15) is 24.4 Å². The highest BCUT2D eigenvalue weighted by atomic mass is 16.7. The van der Waals surface area contributed by atoms with Crippen LogP contribution in [0.4, 0.5) is 0 Å². The molecular formula is C81H143NO8. The van der Waals surface area contributed by atoms with Crippen LogP contribution in [0.15, 0.2) is 109 Å².